The maximum absolute atomic E-state index is 11.2. The molecule has 1 aliphatic carbocycles. The number of fused-ring (bicyclic) bond motifs is 1. The molecule has 0 unspecified atom stereocenters. The summed E-state index contributed by atoms with van der Waals surface area (Å²) in [6, 6.07) is 2.29. The van der Waals surface area contributed by atoms with E-state index in [-0.39, 0.29) is 5.69 Å². The summed E-state index contributed by atoms with van der Waals surface area (Å²) in [5.74, 6) is -0.289. The van der Waals surface area contributed by atoms with E-state index in [0.717, 1.165) is 44.3 Å². The zero-order chi connectivity index (χ0) is 12.0. The summed E-state index contributed by atoms with van der Waals surface area (Å²) in [7, 11) is 0. The fourth-order valence-electron chi connectivity index (χ4n) is 2.59. The standard InChI is InChI=1S/C12H13N3O2/c13-7-12(4-5-12)11-14-9(10(16)17)8-3-1-2-6-15(8)11/h1-6H2,(H,16,17). The Morgan fingerprint density at radius 1 is 1.47 bits per heavy atom. The molecular formula is C12H13N3O2. The fraction of sp³-hybridized carbons (Fsp3) is 0.583. The molecule has 1 aromatic rings. The van der Waals surface area contributed by atoms with Crippen molar-refractivity contribution in [3.63, 3.8) is 0 Å². The number of nitrogens with zero attached hydrogens (tertiary/aromatic N) is 3. The molecule has 0 atom stereocenters. The maximum Gasteiger partial charge on any atom is 0.356 e. The number of hydrogen-bond donors (Lipinski definition) is 1. The molecular weight excluding hydrogens is 218 g/mol. The molecule has 0 bridgehead atoms. The van der Waals surface area contributed by atoms with Crippen LogP contribution in [0, 0.1) is 11.3 Å². The summed E-state index contributed by atoms with van der Waals surface area (Å²) >= 11 is 0. The van der Waals surface area contributed by atoms with Gasteiger partial charge in [-0.3, -0.25) is 0 Å². The molecule has 17 heavy (non-hydrogen) atoms. The van der Waals surface area contributed by atoms with Crippen LogP contribution in [0.25, 0.3) is 0 Å². The fourth-order valence-corrected chi connectivity index (χ4v) is 2.59. The minimum absolute atomic E-state index is 0.154. The first-order valence-electron chi connectivity index (χ1n) is 5.92. The zero-order valence-electron chi connectivity index (χ0n) is 9.44. The Labute approximate surface area is 98.7 Å². The van der Waals surface area contributed by atoms with E-state index < -0.39 is 11.4 Å². The normalized spacial score (nSPS) is 20.4. The number of carboxylic acid groups (broad SMARTS) is 1. The molecule has 1 fully saturated rings. The number of carbonyl (C=O) groups is 1. The second-order valence-corrected chi connectivity index (χ2v) is 4.84. The summed E-state index contributed by atoms with van der Waals surface area (Å²) in [6.07, 6.45) is 4.41. The first kappa shape index (κ1) is 10.3. The smallest absolute Gasteiger partial charge is 0.356 e. The Bertz CT molecular complexity index is 535. The van der Waals surface area contributed by atoms with Crippen LogP contribution >= 0.6 is 0 Å². The molecule has 5 heteroatoms. The van der Waals surface area contributed by atoms with E-state index in [0.29, 0.717) is 5.82 Å². The molecule has 2 heterocycles. The third-order valence-electron chi connectivity index (χ3n) is 3.71. The molecule has 1 N–H and O–H groups in total. The Balaban J connectivity index is 2.17. The van der Waals surface area contributed by atoms with Gasteiger partial charge < -0.3 is 9.67 Å². The van der Waals surface area contributed by atoms with Gasteiger partial charge in [0.25, 0.3) is 0 Å². The highest BCUT2D eigenvalue weighted by Gasteiger charge is 2.50. The number of carboxylic acids is 1. The quantitative estimate of drug-likeness (QED) is 0.835. The van der Waals surface area contributed by atoms with Crippen molar-refractivity contribution in [3.05, 3.63) is 17.2 Å². The van der Waals surface area contributed by atoms with Gasteiger partial charge in [0.2, 0.25) is 0 Å². The van der Waals surface area contributed by atoms with Gasteiger partial charge in [0, 0.05) is 6.54 Å². The molecule has 0 amide bonds. The van der Waals surface area contributed by atoms with E-state index in [1.165, 1.54) is 0 Å². The Morgan fingerprint density at radius 3 is 2.82 bits per heavy atom. The van der Waals surface area contributed by atoms with Crippen LogP contribution in [0.4, 0.5) is 0 Å². The van der Waals surface area contributed by atoms with Crippen LogP contribution in [0.15, 0.2) is 0 Å². The lowest BCUT2D eigenvalue weighted by Crippen LogP contribution is -2.18. The van der Waals surface area contributed by atoms with Crippen molar-refractivity contribution < 1.29 is 9.90 Å². The van der Waals surface area contributed by atoms with Crippen molar-refractivity contribution in [1.29, 1.82) is 5.26 Å². The average Bonchev–Trinajstić information content (AvgIpc) is 3.03. The van der Waals surface area contributed by atoms with E-state index in [1.807, 2.05) is 4.57 Å². The number of imidazole rings is 1. The van der Waals surface area contributed by atoms with Gasteiger partial charge in [-0.2, -0.15) is 5.26 Å². The molecule has 1 aromatic heterocycles. The predicted octanol–water partition coefficient (Wildman–Crippen LogP) is 1.47. The molecule has 0 aromatic carbocycles. The number of nitriles is 1. The predicted molar refractivity (Wildman–Crippen MR) is 58.6 cm³/mol. The molecule has 0 spiro atoms. The van der Waals surface area contributed by atoms with Crippen molar-refractivity contribution in [1.82, 2.24) is 9.55 Å². The van der Waals surface area contributed by atoms with E-state index in [9.17, 15) is 10.1 Å². The van der Waals surface area contributed by atoms with Gasteiger partial charge >= 0.3 is 5.97 Å². The number of aromatic nitrogens is 2. The molecule has 1 saturated carbocycles. The van der Waals surface area contributed by atoms with Crippen LogP contribution < -0.4 is 0 Å². The lowest BCUT2D eigenvalue weighted by molar-refractivity contribution is 0.0689. The largest absolute Gasteiger partial charge is 0.476 e. The van der Waals surface area contributed by atoms with E-state index in [4.69, 9.17) is 5.11 Å². The Kier molecular flexibility index (Phi) is 2.02. The third kappa shape index (κ3) is 1.37. The van der Waals surface area contributed by atoms with E-state index in [1.54, 1.807) is 0 Å². The third-order valence-corrected chi connectivity index (χ3v) is 3.71. The van der Waals surface area contributed by atoms with Crippen LogP contribution in [-0.2, 0) is 18.4 Å². The lowest BCUT2D eigenvalue weighted by Gasteiger charge is -2.18. The second kappa shape index (κ2) is 3.33. The highest BCUT2D eigenvalue weighted by Crippen LogP contribution is 2.48. The summed E-state index contributed by atoms with van der Waals surface area (Å²) < 4.78 is 1.98. The van der Waals surface area contributed by atoms with Gasteiger partial charge in [0.15, 0.2) is 5.69 Å². The van der Waals surface area contributed by atoms with Crippen LogP contribution in [0.3, 0.4) is 0 Å². The molecule has 0 radical (unpaired) electrons. The summed E-state index contributed by atoms with van der Waals surface area (Å²) in [6.45, 7) is 0.800. The summed E-state index contributed by atoms with van der Waals surface area (Å²) in [4.78, 5) is 15.4. The monoisotopic (exact) mass is 231 g/mol. The van der Waals surface area contributed by atoms with Crippen molar-refractivity contribution in [3.8, 4) is 6.07 Å². The van der Waals surface area contributed by atoms with Crippen molar-refractivity contribution in [2.24, 2.45) is 0 Å². The number of rotatable bonds is 2. The van der Waals surface area contributed by atoms with Gasteiger partial charge in [-0.25, -0.2) is 9.78 Å². The van der Waals surface area contributed by atoms with Crippen molar-refractivity contribution in [2.45, 2.75) is 44.1 Å². The molecule has 88 valence electrons. The first-order valence-corrected chi connectivity index (χ1v) is 5.92. The van der Waals surface area contributed by atoms with Crippen LogP contribution in [0.1, 0.15) is 47.7 Å². The molecule has 3 rings (SSSR count). The second-order valence-electron chi connectivity index (χ2n) is 4.84. The van der Waals surface area contributed by atoms with Gasteiger partial charge in [-0.05, 0) is 32.1 Å². The Morgan fingerprint density at radius 2 is 2.24 bits per heavy atom. The van der Waals surface area contributed by atoms with Gasteiger partial charge in [0.05, 0.1) is 11.8 Å². The molecule has 5 nitrogen and oxygen atoms in total. The van der Waals surface area contributed by atoms with Gasteiger partial charge in [-0.15, -0.1) is 0 Å². The van der Waals surface area contributed by atoms with Gasteiger partial charge in [-0.1, -0.05) is 0 Å². The van der Waals surface area contributed by atoms with Crippen LogP contribution in [-0.4, -0.2) is 20.6 Å². The molecule has 0 saturated heterocycles. The minimum atomic E-state index is -0.976. The zero-order valence-corrected chi connectivity index (χ0v) is 9.44. The lowest BCUT2D eigenvalue weighted by atomic mass is 10.1. The van der Waals surface area contributed by atoms with Crippen molar-refractivity contribution in [2.75, 3.05) is 0 Å². The maximum atomic E-state index is 11.2. The Hall–Kier alpha value is -1.83. The van der Waals surface area contributed by atoms with E-state index >= 15 is 0 Å². The van der Waals surface area contributed by atoms with Crippen molar-refractivity contribution >= 4 is 5.97 Å². The summed E-state index contributed by atoms with van der Waals surface area (Å²) in [5, 5.41) is 18.4. The van der Waals surface area contributed by atoms with E-state index in [2.05, 4.69) is 11.1 Å². The number of aromatic carboxylic acids is 1. The van der Waals surface area contributed by atoms with Crippen LogP contribution in [0.5, 0.6) is 0 Å². The van der Waals surface area contributed by atoms with Crippen LogP contribution in [0.2, 0.25) is 0 Å². The first-order chi connectivity index (χ1) is 8.18. The minimum Gasteiger partial charge on any atom is -0.476 e. The highest BCUT2D eigenvalue weighted by molar-refractivity contribution is 5.87. The number of hydrogen-bond acceptors (Lipinski definition) is 3. The summed E-state index contributed by atoms with van der Waals surface area (Å²) in [5.41, 5.74) is 0.460. The topological polar surface area (TPSA) is 78.9 Å². The molecule has 2 aliphatic rings. The molecule has 1 aliphatic heterocycles. The average molecular weight is 231 g/mol. The highest BCUT2D eigenvalue weighted by atomic mass is 16.4. The SMILES string of the molecule is N#CC1(c2nc(C(=O)O)c3n2CCCC3)CC1. The van der Waals surface area contributed by atoms with Gasteiger partial charge in [0.1, 0.15) is 11.2 Å².